The average Bonchev–Trinajstić information content (AvgIpc) is 3.18. The summed E-state index contributed by atoms with van der Waals surface area (Å²) in [6, 6.07) is 0. The van der Waals surface area contributed by atoms with Crippen LogP contribution in [0.5, 0.6) is 0 Å². The van der Waals surface area contributed by atoms with Gasteiger partial charge in [0.05, 0.1) is 4.58 Å². The zero-order chi connectivity index (χ0) is 19.9. The molecule has 0 saturated carbocycles. The van der Waals surface area contributed by atoms with Crippen molar-refractivity contribution in [3.05, 3.63) is 23.3 Å². The molecular formula is C21H33NO4S3. The van der Waals surface area contributed by atoms with Gasteiger partial charge in [-0.25, -0.2) is 8.42 Å². The predicted octanol–water partition coefficient (Wildman–Crippen LogP) is 4.51. The summed E-state index contributed by atoms with van der Waals surface area (Å²) in [7, 11) is -4.91. The van der Waals surface area contributed by atoms with Crippen molar-refractivity contribution < 1.29 is 17.9 Å². The van der Waals surface area contributed by atoms with Gasteiger partial charge in [-0.1, -0.05) is 12.2 Å². The maximum Gasteiger partial charge on any atom is 0.180 e. The molecule has 0 aromatic carbocycles. The first kappa shape index (κ1) is 20.7. The summed E-state index contributed by atoms with van der Waals surface area (Å²) in [6.07, 6.45) is 15.1. The third kappa shape index (κ3) is 3.41. The first-order chi connectivity index (χ1) is 14.1. The maximum absolute atomic E-state index is 13.6. The molecule has 5 nitrogen and oxygen atoms in total. The second-order valence-electron chi connectivity index (χ2n) is 8.60. The number of allylic oxidation sites excluding steroid dienone is 3. The summed E-state index contributed by atoms with van der Waals surface area (Å²) in [5.74, 6) is 1.17. The summed E-state index contributed by atoms with van der Waals surface area (Å²) in [5, 5.41) is -0.418. The van der Waals surface area contributed by atoms with E-state index in [2.05, 4.69) is 16.6 Å². The summed E-state index contributed by atoms with van der Waals surface area (Å²) in [5.41, 5.74) is -0.120. The largest absolute Gasteiger partial charge is 0.367 e. The molecule has 0 N–H and O–H groups in total. The fourth-order valence-corrected chi connectivity index (χ4v) is 15.8. The lowest BCUT2D eigenvalue weighted by atomic mass is 10.1. The van der Waals surface area contributed by atoms with Gasteiger partial charge in [-0.05, 0) is 63.5 Å². The van der Waals surface area contributed by atoms with Gasteiger partial charge in [0.25, 0.3) is 0 Å². The smallest absolute Gasteiger partial charge is 0.180 e. The molecule has 3 saturated heterocycles. The van der Waals surface area contributed by atoms with Crippen LogP contribution in [-0.4, -0.2) is 58.9 Å². The van der Waals surface area contributed by atoms with Crippen molar-refractivity contribution in [3.8, 4) is 0 Å². The molecule has 3 fully saturated rings. The van der Waals surface area contributed by atoms with Gasteiger partial charge in [-0.15, -0.1) is 22.0 Å². The lowest BCUT2D eigenvalue weighted by Gasteiger charge is -2.63. The van der Waals surface area contributed by atoms with Gasteiger partial charge >= 0.3 is 0 Å². The van der Waals surface area contributed by atoms with Gasteiger partial charge in [-0.3, -0.25) is 0 Å². The number of ether oxygens (including phenoxy) is 2. The van der Waals surface area contributed by atoms with Gasteiger partial charge in [0.2, 0.25) is 0 Å². The standard InChI is InChI=1S/C21H33NO4S3/c23-29(24,17-7-4-8-17)18-9-5-15-26-21(18)28(20-11-16-27-20,19-10-6-14-25-19)22-12-2-1-3-13-22/h2,7,12,18-21H,1,3-6,8-11,13-16H2. The molecule has 1 aliphatic carbocycles. The molecule has 0 amide bonds. The van der Waals surface area contributed by atoms with Crippen molar-refractivity contribution >= 4 is 31.8 Å². The van der Waals surface area contributed by atoms with Crippen molar-refractivity contribution in [3.63, 3.8) is 0 Å². The first-order valence-corrected chi connectivity index (χ1v) is 15.5. The molecule has 5 atom stereocenters. The Morgan fingerprint density at radius 1 is 1.03 bits per heavy atom. The number of rotatable bonds is 6. The number of hydrogen-bond donors (Lipinski definition) is 0. The van der Waals surface area contributed by atoms with Crippen molar-refractivity contribution in [2.75, 3.05) is 25.5 Å². The first-order valence-electron chi connectivity index (χ1n) is 11.2. The molecule has 4 aliphatic heterocycles. The molecule has 0 aromatic heterocycles. The van der Waals surface area contributed by atoms with E-state index >= 15 is 0 Å². The molecule has 29 heavy (non-hydrogen) atoms. The molecule has 0 aromatic rings. The Morgan fingerprint density at radius 2 is 1.83 bits per heavy atom. The van der Waals surface area contributed by atoms with E-state index in [0.29, 0.717) is 22.5 Å². The fourth-order valence-electron chi connectivity index (χ4n) is 5.25. The molecule has 8 heteroatoms. The third-order valence-electron chi connectivity index (χ3n) is 6.93. The molecule has 5 unspecified atom stereocenters. The highest BCUT2D eigenvalue weighted by molar-refractivity contribution is 8.40. The normalized spacial score (nSPS) is 38.5. The number of nitrogens with zero attached hydrogens (tertiary/aromatic N) is 1. The summed E-state index contributed by atoms with van der Waals surface area (Å²) in [6.45, 7) is 2.47. The number of thioether (sulfide) groups is 1. The van der Waals surface area contributed by atoms with Crippen LogP contribution in [0.25, 0.3) is 0 Å². The number of hydrogen-bond acceptors (Lipinski definition) is 6. The van der Waals surface area contributed by atoms with E-state index in [0.717, 1.165) is 64.5 Å². The minimum Gasteiger partial charge on any atom is -0.367 e. The van der Waals surface area contributed by atoms with Crippen LogP contribution >= 0.6 is 22.0 Å². The third-order valence-corrected chi connectivity index (χ3v) is 16.5. The Balaban J connectivity index is 1.61. The van der Waals surface area contributed by atoms with Crippen molar-refractivity contribution in [1.29, 1.82) is 0 Å². The second-order valence-corrected chi connectivity index (χ2v) is 15.9. The maximum atomic E-state index is 13.6. The summed E-state index contributed by atoms with van der Waals surface area (Å²) >= 11 is 2.02. The molecule has 0 spiro atoms. The van der Waals surface area contributed by atoms with E-state index in [-0.39, 0.29) is 10.9 Å². The van der Waals surface area contributed by atoms with Gasteiger partial charge in [0.15, 0.2) is 9.84 Å². The molecule has 164 valence electrons. The van der Waals surface area contributed by atoms with E-state index < -0.39 is 25.3 Å². The monoisotopic (exact) mass is 459 g/mol. The van der Waals surface area contributed by atoms with Crippen LogP contribution in [0.4, 0.5) is 0 Å². The Morgan fingerprint density at radius 3 is 2.41 bits per heavy atom. The van der Waals surface area contributed by atoms with E-state index in [1.165, 1.54) is 5.75 Å². The van der Waals surface area contributed by atoms with Gasteiger partial charge in [0, 0.05) is 30.9 Å². The van der Waals surface area contributed by atoms with Crippen LogP contribution in [0, 0.1) is 0 Å². The highest BCUT2D eigenvalue weighted by Crippen LogP contribution is 2.73. The molecular weight excluding hydrogens is 426 g/mol. The van der Waals surface area contributed by atoms with E-state index in [1.807, 2.05) is 17.8 Å². The quantitative estimate of drug-likeness (QED) is 0.582. The SMILES string of the molecule is O=S(=O)(C1=CCC1)C1CCCOC1S(C1CCCO1)(C1CCS1)N1C=CCCC1. The van der Waals surface area contributed by atoms with Crippen molar-refractivity contribution in [2.24, 2.45) is 0 Å². The molecule has 0 bridgehead atoms. The highest BCUT2D eigenvalue weighted by atomic mass is 32.3. The molecule has 5 aliphatic rings. The fraction of sp³-hybridized carbons (Fsp3) is 0.810. The molecule has 4 heterocycles. The lowest BCUT2D eigenvalue weighted by molar-refractivity contribution is 0.0636. The molecule has 0 radical (unpaired) electrons. The number of sulfone groups is 1. The Kier molecular flexibility index (Phi) is 6.02. The van der Waals surface area contributed by atoms with Crippen molar-refractivity contribution in [2.45, 2.75) is 78.5 Å². The molecule has 5 rings (SSSR count). The van der Waals surface area contributed by atoms with Crippen molar-refractivity contribution in [1.82, 2.24) is 4.31 Å². The second kappa shape index (κ2) is 8.41. The Hall–Kier alpha value is -0.150. The Labute approximate surface area is 181 Å². The van der Waals surface area contributed by atoms with E-state index in [1.54, 1.807) is 0 Å². The van der Waals surface area contributed by atoms with Crippen LogP contribution < -0.4 is 0 Å². The van der Waals surface area contributed by atoms with Gasteiger partial charge < -0.3 is 13.8 Å². The van der Waals surface area contributed by atoms with Crippen LogP contribution in [0.1, 0.15) is 57.8 Å². The van der Waals surface area contributed by atoms with Crippen LogP contribution in [0.2, 0.25) is 0 Å². The lowest BCUT2D eigenvalue weighted by Crippen LogP contribution is -2.55. The van der Waals surface area contributed by atoms with Gasteiger partial charge in [0.1, 0.15) is 16.1 Å². The highest BCUT2D eigenvalue weighted by Gasteiger charge is 2.59. The summed E-state index contributed by atoms with van der Waals surface area (Å²) in [4.78, 5) is 0.661. The minimum absolute atomic E-state index is 0.124. The zero-order valence-electron chi connectivity index (χ0n) is 17.0. The van der Waals surface area contributed by atoms with Gasteiger partial charge in [-0.2, -0.15) is 0 Å². The van der Waals surface area contributed by atoms with Crippen LogP contribution in [0.3, 0.4) is 0 Å². The van der Waals surface area contributed by atoms with Crippen LogP contribution in [-0.2, 0) is 19.3 Å². The topological polar surface area (TPSA) is 55.8 Å². The zero-order valence-corrected chi connectivity index (χ0v) is 19.5. The van der Waals surface area contributed by atoms with E-state index in [9.17, 15) is 8.42 Å². The summed E-state index contributed by atoms with van der Waals surface area (Å²) < 4.78 is 43.2. The van der Waals surface area contributed by atoms with Crippen LogP contribution in [0.15, 0.2) is 23.3 Å². The Bertz CT molecular complexity index is 773. The average molecular weight is 460 g/mol. The van der Waals surface area contributed by atoms with E-state index in [4.69, 9.17) is 9.47 Å². The predicted molar refractivity (Wildman–Crippen MR) is 122 cm³/mol. The minimum atomic E-state index is -3.30.